The van der Waals surface area contributed by atoms with E-state index in [9.17, 15) is 14.0 Å². The summed E-state index contributed by atoms with van der Waals surface area (Å²) >= 11 is 0. The van der Waals surface area contributed by atoms with Crippen LogP contribution in [0.4, 0.5) is 4.39 Å². The Morgan fingerprint density at radius 2 is 1.80 bits per heavy atom. The van der Waals surface area contributed by atoms with Crippen LogP contribution in [0.2, 0.25) is 0 Å². The molecule has 1 heterocycles. The molecular formula is C19H23FN2O3. The molecule has 0 radical (unpaired) electrons. The molecule has 2 rings (SSSR count). The van der Waals surface area contributed by atoms with E-state index in [4.69, 9.17) is 4.74 Å². The molecule has 25 heavy (non-hydrogen) atoms. The number of carbonyl (C=O) groups is 2. The lowest BCUT2D eigenvalue weighted by molar-refractivity contribution is 0.0376. The second kappa shape index (κ2) is 7.51. The zero-order valence-electron chi connectivity index (χ0n) is 15.1. The first-order chi connectivity index (χ1) is 11.7. The Kier molecular flexibility index (Phi) is 5.62. The minimum atomic E-state index is -0.443. The molecule has 0 atom stereocenters. The highest BCUT2D eigenvalue weighted by Gasteiger charge is 2.25. The third kappa shape index (κ3) is 4.26. The summed E-state index contributed by atoms with van der Waals surface area (Å²) in [6.07, 6.45) is -0.235. The van der Waals surface area contributed by atoms with Crippen molar-refractivity contribution in [2.45, 2.75) is 40.3 Å². The van der Waals surface area contributed by atoms with Crippen LogP contribution >= 0.6 is 0 Å². The van der Waals surface area contributed by atoms with E-state index in [-0.39, 0.29) is 17.8 Å². The molecule has 1 aromatic heterocycles. The number of amides is 1. The summed E-state index contributed by atoms with van der Waals surface area (Å²) in [5.41, 5.74) is 2.74. The molecule has 0 fully saturated rings. The van der Waals surface area contributed by atoms with Gasteiger partial charge in [-0.05, 0) is 51.0 Å². The van der Waals surface area contributed by atoms with E-state index in [0.717, 1.165) is 5.56 Å². The Morgan fingerprint density at radius 1 is 1.20 bits per heavy atom. The summed E-state index contributed by atoms with van der Waals surface area (Å²) in [6, 6.07) is 5.99. The molecule has 0 aliphatic heterocycles. The van der Waals surface area contributed by atoms with Gasteiger partial charge in [-0.25, -0.2) is 9.18 Å². The number of hydrogen-bond acceptors (Lipinski definition) is 3. The number of hydrogen-bond donors (Lipinski definition) is 1. The van der Waals surface area contributed by atoms with Crippen molar-refractivity contribution < 1.29 is 18.7 Å². The van der Waals surface area contributed by atoms with Crippen LogP contribution in [-0.4, -0.2) is 34.9 Å². The summed E-state index contributed by atoms with van der Waals surface area (Å²) in [5.74, 6) is -1.00. The van der Waals surface area contributed by atoms with Crippen LogP contribution in [-0.2, 0) is 11.3 Å². The summed E-state index contributed by atoms with van der Waals surface area (Å²) in [6.45, 7) is 7.35. The number of nitrogens with zero attached hydrogens (tertiary/aromatic N) is 1. The number of ether oxygens (including phenoxy) is 1. The van der Waals surface area contributed by atoms with Crippen molar-refractivity contribution in [3.8, 4) is 0 Å². The van der Waals surface area contributed by atoms with Gasteiger partial charge in [0, 0.05) is 19.3 Å². The lowest BCUT2D eigenvalue weighted by Crippen LogP contribution is -2.27. The smallest absolute Gasteiger partial charge is 0.340 e. The van der Waals surface area contributed by atoms with Gasteiger partial charge >= 0.3 is 5.97 Å². The van der Waals surface area contributed by atoms with E-state index in [1.807, 2.05) is 0 Å². The third-order valence-electron chi connectivity index (χ3n) is 3.88. The Morgan fingerprint density at radius 3 is 2.36 bits per heavy atom. The fourth-order valence-electron chi connectivity index (χ4n) is 2.67. The Hall–Kier alpha value is -2.63. The highest BCUT2D eigenvalue weighted by atomic mass is 19.1. The molecule has 0 saturated heterocycles. The summed E-state index contributed by atoms with van der Waals surface area (Å²) in [7, 11) is 1.66. The molecule has 5 nitrogen and oxygen atoms in total. The maximum atomic E-state index is 13.0. The Labute approximate surface area is 146 Å². The Bertz CT molecular complexity index is 779. The van der Waals surface area contributed by atoms with Crippen LogP contribution in [0, 0.1) is 19.7 Å². The van der Waals surface area contributed by atoms with Crippen LogP contribution in [0.1, 0.15) is 51.5 Å². The topological polar surface area (TPSA) is 62.4 Å². The van der Waals surface area contributed by atoms with Crippen LogP contribution in [0.15, 0.2) is 24.3 Å². The van der Waals surface area contributed by atoms with Gasteiger partial charge in [-0.1, -0.05) is 12.1 Å². The Balaban J connectivity index is 2.21. The van der Waals surface area contributed by atoms with Crippen molar-refractivity contribution in [2.75, 3.05) is 7.05 Å². The predicted molar refractivity (Wildman–Crippen MR) is 93.0 cm³/mol. The number of aryl methyl sites for hydroxylation is 1. The first-order valence-electron chi connectivity index (χ1n) is 8.10. The highest BCUT2D eigenvalue weighted by molar-refractivity contribution is 6.00. The molecule has 1 amide bonds. The molecule has 0 bridgehead atoms. The second-order valence-corrected chi connectivity index (χ2v) is 6.37. The molecular weight excluding hydrogens is 323 g/mol. The third-order valence-corrected chi connectivity index (χ3v) is 3.88. The average molecular weight is 346 g/mol. The van der Waals surface area contributed by atoms with Crippen molar-refractivity contribution in [1.29, 1.82) is 0 Å². The second-order valence-electron chi connectivity index (χ2n) is 6.37. The van der Waals surface area contributed by atoms with Gasteiger partial charge in [0.2, 0.25) is 0 Å². The van der Waals surface area contributed by atoms with Crippen LogP contribution in [0.25, 0.3) is 0 Å². The van der Waals surface area contributed by atoms with Crippen molar-refractivity contribution in [1.82, 2.24) is 9.88 Å². The predicted octanol–water partition coefficient (Wildman–Crippen LogP) is 3.61. The number of rotatable bonds is 5. The SMILES string of the molecule is Cc1[nH]c(C(=O)N(C)Cc2ccc(F)cc2)c(C)c1C(=O)OC(C)C. The van der Waals surface area contributed by atoms with Crippen molar-refractivity contribution in [2.24, 2.45) is 0 Å². The first-order valence-corrected chi connectivity index (χ1v) is 8.10. The number of aromatic amines is 1. The normalized spacial score (nSPS) is 10.8. The number of esters is 1. The maximum absolute atomic E-state index is 13.0. The largest absolute Gasteiger partial charge is 0.459 e. The van der Waals surface area contributed by atoms with Gasteiger partial charge in [-0.3, -0.25) is 4.79 Å². The van der Waals surface area contributed by atoms with Gasteiger partial charge in [0.25, 0.3) is 5.91 Å². The number of aromatic nitrogens is 1. The van der Waals surface area contributed by atoms with Crippen molar-refractivity contribution in [3.63, 3.8) is 0 Å². The molecule has 0 saturated carbocycles. The lowest BCUT2D eigenvalue weighted by Gasteiger charge is -2.17. The molecule has 0 spiro atoms. The summed E-state index contributed by atoms with van der Waals surface area (Å²) in [5, 5.41) is 0. The zero-order chi connectivity index (χ0) is 18.7. The van der Waals surface area contributed by atoms with E-state index in [0.29, 0.717) is 29.1 Å². The van der Waals surface area contributed by atoms with E-state index < -0.39 is 5.97 Å². The molecule has 0 aliphatic rings. The highest BCUT2D eigenvalue weighted by Crippen LogP contribution is 2.21. The van der Waals surface area contributed by atoms with Gasteiger partial charge in [-0.15, -0.1) is 0 Å². The van der Waals surface area contributed by atoms with Gasteiger partial charge in [0.1, 0.15) is 11.5 Å². The van der Waals surface area contributed by atoms with E-state index in [2.05, 4.69) is 4.98 Å². The number of benzene rings is 1. The molecule has 2 aromatic rings. The zero-order valence-corrected chi connectivity index (χ0v) is 15.1. The average Bonchev–Trinajstić information content (AvgIpc) is 2.82. The van der Waals surface area contributed by atoms with Crippen LogP contribution in [0.5, 0.6) is 0 Å². The van der Waals surface area contributed by atoms with E-state index in [1.54, 1.807) is 46.9 Å². The molecule has 6 heteroatoms. The lowest BCUT2D eigenvalue weighted by atomic mass is 10.1. The van der Waals surface area contributed by atoms with Crippen LogP contribution in [0.3, 0.4) is 0 Å². The molecule has 0 unspecified atom stereocenters. The minimum Gasteiger partial charge on any atom is -0.459 e. The fraction of sp³-hybridized carbons (Fsp3) is 0.368. The first kappa shape index (κ1) is 18.7. The molecule has 0 aliphatic carbocycles. The molecule has 134 valence electrons. The molecule has 1 aromatic carbocycles. The van der Waals surface area contributed by atoms with Crippen molar-refractivity contribution >= 4 is 11.9 Å². The van der Waals surface area contributed by atoms with Gasteiger partial charge in [0.05, 0.1) is 11.7 Å². The summed E-state index contributed by atoms with van der Waals surface area (Å²) < 4.78 is 18.2. The maximum Gasteiger partial charge on any atom is 0.340 e. The van der Waals surface area contributed by atoms with Crippen molar-refractivity contribution in [3.05, 3.63) is 58.2 Å². The fourth-order valence-corrected chi connectivity index (χ4v) is 2.67. The van der Waals surface area contributed by atoms with Gasteiger partial charge in [0.15, 0.2) is 0 Å². The number of H-pyrrole nitrogens is 1. The monoisotopic (exact) mass is 346 g/mol. The summed E-state index contributed by atoms with van der Waals surface area (Å²) in [4.78, 5) is 29.4. The number of halogens is 1. The minimum absolute atomic E-state index is 0.235. The van der Waals surface area contributed by atoms with E-state index >= 15 is 0 Å². The standard InChI is InChI=1S/C19H23FN2O3/c1-11(2)25-19(24)16-12(3)17(21-13(16)4)18(23)22(5)10-14-6-8-15(20)9-7-14/h6-9,11,21H,10H2,1-5H3. The molecule has 1 N–H and O–H groups in total. The quantitative estimate of drug-likeness (QED) is 0.841. The number of nitrogens with one attached hydrogen (secondary N) is 1. The van der Waals surface area contributed by atoms with Crippen LogP contribution < -0.4 is 0 Å². The van der Waals surface area contributed by atoms with Gasteiger partial charge in [-0.2, -0.15) is 0 Å². The van der Waals surface area contributed by atoms with Gasteiger partial charge < -0.3 is 14.6 Å². The van der Waals surface area contributed by atoms with E-state index in [1.165, 1.54) is 17.0 Å². The number of carbonyl (C=O) groups excluding carboxylic acids is 2.